The van der Waals surface area contributed by atoms with Crippen LogP contribution in [0.5, 0.6) is 11.5 Å². The topological polar surface area (TPSA) is 83.1 Å². The summed E-state index contributed by atoms with van der Waals surface area (Å²) in [6, 6.07) is 0. The van der Waals surface area contributed by atoms with Crippen molar-refractivity contribution in [1.29, 1.82) is 0 Å². The van der Waals surface area contributed by atoms with E-state index >= 15 is 0 Å². The molecular formula is C42H73NO6. The van der Waals surface area contributed by atoms with Crippen LogP contribution >= 0.6 is 0 Å². The third-order valence-corrected chi connectivity index (χ3v) is 10.1. The highest BCUT2D eigenvalue weighted by molar-refractivity contribution is 5.75. The molecular weight excluding hydrogens is 614 g/mol. The van der Waals surface area contributed by atoms with Gasteiger partial charge in [-0.1, -0.05) is 72.6 Å². The highest BCUT2D eigenvalue weighted by Gasteiger charge is 2.34. The average molecular weight is 688 g/mol. The molecule has 0 fully saturated rings. The quantitative estimate of drug-likeness (QED) is 0.0911. The van der Waals surface area contributed by atoms with Gasteiger partial charge in [0.05, 0.1) is 26.2 Å². The number of hydrogen-bond donors (Lipinski definition) is 1. The van der Waals surface area contributed by atoms with E-state index in [9.17, 15) is 9.59 Å². The zero-order valence-corrected chi connectivity index (χ0v) is 33.4. The van der Waals surface area contributed by atoms with Crippen LogP contribution in [-0.4, -0.2) is 49.4 Å². The van der Waals surface area contributed by atoms with Crippen molar-refractivity contribution >= 4 is 11.9 Å². The molecule has 2 rings (SSSR count). The van der Waals surface area contributed by atoms with Gasteiger partial charge in [0.15, 0.2) is 0 Å². The molecule has 7 heteroatoms. The lowest BCUT2D eigenvalue weighted by atomic mass is 9.83. The van der Waals surface area contributed by atoms with Crippen LogP contribution in [0.1, 0.15) is 161 Å². The van der Waals surface area contributed by atoms with E-state index in [0.29, 0.717) is 32.6 Å². The molecule has 0 saturated heterocycles. The van der Waals surface area contributed by atoms with Crippen LogP contribution in [0.3, 0.4) is 0 Å². The fourth-order valence-corrected chi connectivity index (χ4v) is 6.88. The Morgan fingerprint density at radius 1 is 0.816 bits per heavy atom. The maximum absolute atomic E-state index is 12.3. The molecule has 1 aliphatic rings. The molecule has 1 aromatic rings. The van der Waals surface area contributed by atoms with Gasteiger partial charge in [0, 0.05) is 18.5 Å². The lowest BCUT2D eigenvalue weighted by Crippen LogP contribution is -2.37. The number of hydrogen-bond acceptors (Lipinski definition) is 6. The summed E-state index contributed by atoms with van der Waals surface area (Å²) in [5.74, 6) is 4.14. The Bertz CT molecular complexity index is 1160. The van der Waals surface area contributed by atoms with Crippen LogP contribution in [0.4, 0.5) is 0 Å². The van der Waals surface area contributed by atoms with Crippen LogP contribution < -0.4 is 14.8 Å². The Labute approximate surface area is 300 Å². The van der Waals surface area contributed by atoms with E-state index in [-0.39, 0.29) is 30.5 Å². The van der Waals surface area contributed by atoms with Crippen molar-refractivity contribution in [3.8, 4) is 11.5 Å². The normalized spacial score (nSPS) is 17.3. The smallest absolute Gasteiger partial charge is 0.308 e. The summed E-state index contributed by atoms with van der Waals surface area (Å²) in [4.78, 5) is 24.0. The van der Waals surface area contributed by atoms with E-state index in [1.54, 1.807) is 0 Å². The second kappa shape index (κ2) is 21.2. The molecule has 282 valence electrons. The van der Waals surface area contributed by atoms with Crippen molar-refractivity contribution in [2.45, 2.75) is 177 Å². The molecule has 0 aromatic heterocycles. The fraction of sp³-hybridized carbons (Fsp3) is 0.810. The number of amides is 1. The summed E-state index contributed by atoms with van der Waals surface area (Å²) < 4.78 is 23.8. The lowest BCUT2D eigenvalue weighted by molar-refractivity contribution is -0.156. The molecule has 0 spiro atoms. The van der Waals surface area contributed by atoms with Gasteiger partial charge in [-0.15, -0.1) is 0 Å². The van der Waals surface area contributed by atoms with Crippen molar-refractivity contribution < 1.29 is 28.5 Å². The Morgan fingerprint density at radius 3 is 2.08 bits per heavy atom. The van der Waals surface area contributed by atoms with Gasteiger partial charge < -0.3 is 24.3 Å². The van der Waals surface area contributed by atoms with Gasteiger partial charge in [-0.05, 0) is 115 Å². The van der Waals surface area contributed by atoms with Crippen molar-refractivity contribution in [3.63, 3.8) is 0 Å². The van der Waals surface area contributed by atoms with Crippen molar-refractivity contribution in [1.82, 2.24) is 5.32 Å². The second-order valence-corrected chi connectivity index (χ2v) is 16.7. The molecule has 7 nitrogen and oxygen atoms in total. The molecule has 49 heavy (non-hydrogen) atoms. The summed E-state index contributed by atoms with van der Waals surface area (Å²) in [7, 11) is 0. The molecule has 0 bridgehead atoms. The number of carbonyl (C=O) groups excluding carboxylic acids is 2. The first-order valence-electron chi connectivity index (χ1n) is 19.5. The highest BCUT2D eigenvalue weighted by Crippen LogP contribution is 2.45. The predicted octanol–water partition coefficient (Wildman–Crippen LogP) is 10.2. The number of ether oxygens (including phenoxy) is 4. The Morgan fingerprint density at radius 2 is 1.45 bits per heavy atom. The zero-order chi connectivity index (χ0) is 36.6. The number of benzene rings is 1. The number of esters is 1. The maximum atomic E-state index is 12.3. The first-order chi connectivity index (χ1) is 23.0. The van der Waals surface area contributed by atoms with Gasteiger partial charge in [-0.25, -0.2) is 0 Å². The molecule has 1 heterocycles. The third kappa shape index (κ3) is 16.5. The monoisotopic (exact) mass is 688 g/mol. The zero-order valence-electron chi connectivity index (χ0n) is 33.4. The molecule has 0 aliphatic carbocycles. The van der Waals surface area contributed by atoms with Gasteiger partial charge in [0.25, 0.3) is 0 Å². The third-order valence-electron chi connectivity index (χ3n) is 10.1. The number of rotatable bonds is 23. The van der Waals surface area contributed by atoms with E-state index in [2.05, 4.69) is 60.7 Å². The van der Waals surface area contributed by atoms with Gasteiger partial charge >= 0.3 is 5.97 Å². The number of carbonyl (C=O) groups is 2. The van der Waals surface area contributed by atoms with E-state index in [0.717, 1.165) is 54.1 Å². The molecule has 0 radical (unpaired) electrons. The van der Waals surface area contributed by atoms with Crippen LogP contribution in [0.2, 0.25) is 0 Å². The molecule has 1 aromatic carbocycles. The highest BCUT2D eigenvalue weighted by atomic mass is 16.6. The van der Waals surface area contributed by atoms with Gasteiger partial charge in [0.2, 0.25) is 5.91 Å². The maximum Gasteiger partial charge on any atom is 0.308 e. The summed E-state index contributed by atoms with van der Waals surface area (Å²) >= 11 is 0. The van der Waals surface area contributed by atoms with E-state index in [1.807, 2.05) is 20.8 Å². The Balaban J connectivity index is 1.71. The van der Waals surface area contributed by atoms with Gasteiger partial charge in [-0.3, -0.25) is 9.59 Å². The molecule has 1 amide bonds. The second-order valence-electron chi connectivity index (χ2n) is 16.7. The molecule has 3 unspecified atom stereocenters. The molecule has 1 aliphatic heterocycles. The van der Waals surface area contributed by atoms with E-state index in [1.165, 1.54) is 68.1 Å². The SMILES string of the molecule is Cc1c(C)c2c(c(C)c1OCCCC(=O)NCCOCCC(=O)OC(C)(C)C)CCC(C)(CCCC(C)CCCC(C)CCCC(C)C)O2. The first-order valence-corrected chi connectivity index (χ1v) is 19.5. The van der Waals surface area contributed by atoms with E-state index < -0.39 is 5.60 Å². The predicted molar refractivity (Wildman–Crippen MR) is 202 cm³/mol. The summed E-state index contributed by atoms with van der Waals surface area (Å²) in [5.41, 5.74) is 4.11. The largest absolute Gasteiger partial charge is 0.493 e. The Hall–Kier alpha value is -2.28. The molecule has 0 saturated carbocycles. The number of fused-ring (bicyclic) bond motifs is 1. The summed E-state index contributed by atoms with van der Waals surface area (Å²) in [6.07, 6.45) is 15.0. The van der Waals surface area contributed by atoms with Gasteiger partial charge in [0.1, 0.15) is 22.7 Å². The molecule has 3 atom stereocenters. The van der Waals surface area contributed by atoms with Crippen molar-refractivity contribution in [3.05, 3.63) is 22.3 Å². The van der Waals surface area contributed by atoms with Crippen LogP contribution in [-0.2, 0) is 25.5 Å². The lowest BCUT2D eigenvalue weighted by Gasteiger charge is -2.38. The number of nitrogens with one attached hydrogen (secondary N) is 1. The fourth-order valence-electron chi connectivity index (χ4n) is 6.88. The standard InChI is InChI=1S/C42H73NO6/c1-30(2)16-12-17-31(3)18-13-19-32(4)20-14-24-42(11)25-22-36-35(7)39(33(5)34(6)40(36)49-42)47-27-15-21-37(44)43-26-29-46-28-23-38(45)48-41(8,9)10/h30-32H,12-29H2,1-11H3,(H,43,44). The van der Waals surface area contributed by atoms with Crippen molar-refractivity contribution in [2.24, 2.45) is 17.8 Å². The molecule has 1 N–H and O–H groups in total. The van der Waals surface area contributed by atoms with Crippen molar-refractivity contribution in [2.75, 3.05) is 26.4 Å². The minimum Gasteiger partial charge on any atom is -0.493 e. The van der Waals surface area contributed by atoms with Crippen LogP contribution in [0, 0.1) is 38.5 Å². The van der Waals surface area contributed by atoms with Crippen LogP contribution in [0.15, 0.2) is 0 Å². The summed E-state index contributed by atoms with van der Waals surface area (Å²) in [6.45, 7) is 25.3. The van der Waals surface area contributed by atoms with E-state index in [4.69, 9.17) is 18.9 Å². The first kappa shape index (κ1) is 42.9. The summed E-state index contributed by atoms with van der Waals surface area (Å²) in [5, 5.41) is 2.88. The minimum atomic E-state index is -0.495. The van der Waals surface area contributed by atoms with Crippen LogP contribution in [0.25, 0.3) is 0 Å². The van der Waals surface area contributed by atoms with Gasteiger partial charge in [-0.2, -0.15) is 0 Å². The average Bonchev–Trinajstić information content (AvgIpc) is 3.00. The Kier molecular flexibility index (Phi) is 18.5. The minimum absolute atomic E-state index is 0.0291.